The van der Waals surface area contributed by atoms with E-state index in [0.717, 1.165) is 22.5 Å². The number of carbonyl (C=O) groups is 3. The molecule has 172 valence electrons. The van der Waals surface area contributed by atoms with Gasteiger partial charge in [0.2, 0.25) is 0 Å². The lowest BCUT2D eigenvalue weighted by atomic mass is 10.1. The molecule has 0 bridgehead atoms. The van der Waals surface area contributed by atoms with Crippen LogP contribution in [0.2, 0.25) is 0 Å². The highest BCUT2D eigenvalue weighted by Crippen LogP contribution is 2.23. The van der Waals surface area contributed by atoms with Crippen LogP contribution in [0, 0.1) is 0 Å². The van der Waals surface area contributed by atoms with Gasteiger partial charge in [0.25, 0.3) is 17.7 Å². The summed E-state index contributed by atoms with van der Waals surface area (Å²) < 4.78 is 31.7. The number of hydrogen-bond donors (Lipinski definition) is 0. The molecule has 0 spiro atoms. The van der Waals surface area contributed by atoms with E-state index in [4.69, 9.17) is 4.74 Å². The summed E-state index contributed by atoms with van der Waals surface area (Å²) in [5.41, 5.74) is 1.23. The fourth-order valence-electron chi connectivity index (χ4n) is 3.55. The normalized spacial score (nSPS) is 14.4. The summed E-state index contributed by atoms with van der Waals surface area (Å²) in [4.78, 5) is 43.4. The van der Waals surface area contributed by atoms with Gasteiger partial charge in [0, 0.05) is 19.4 Å². The number of sulfone groups is 1. The molecule has 11 heteroatoms. The number of nitrogens with zero attached hydrogens (tertiary/aromatic N) is 3. The highest BCUT2D eigenvalue weighted by molar-refractivity contribution is 7.90. The molecule has 0 unspecified atom stereocenters. The molecule has 9 nitrogen and oxygen atoms in total. The van der Waals surface area contributed by atoms with Crippen LogP contribution in [-0.4, -0.2) is 61.6 Å². The summed E-state index contributed by atoms with van der Waals surface area (Å²) in [5, 5.41) is 0. The zero-order valence-electron chi connectivity index (χ0n) is 18.0. The fourth-order valence-corrected chi connectivity index (χ4v) is 5.38. The van der Waals surface area contributed by atoms with Crippen molar-refractivity contribution in [2.24, 2.45) is 4.99 Å². The van der Waals surface area contributed by atoms with Crippen LogP contribution >= 0.6 is 11.3 Å². The Labute approximate surface area is 193 Å². The third kappa shape index (κ3) is 4.52. The van der Waals surface area contributed by atoms with Crippen molar-refractivity contribution in [1.29, 1.82) is 0 Å². The van der Waals surface area contributed by atoms with Gasteiger partial charge in [-0.3, -0.25) is 19.3 Å². The predicted molar refractivity (Wildman–Crippen MR) is 122 cm³/mol. The SMILES string of the molecule is CCOCCn1c(=NC(=O)CN2C(=O)c3ccccc3C2=O)sc2cc(S(C)(=O)=O)ccc21. The maximum Gasteiger partial charge on any atom is 0.268 e. The second-order valence-electron chi connectivity index (χ2n) is 7.38. The summed E-state index contributed by atoms with van der Waals surface area (Å²) in [7, 11) is -3.40. The minimum atomic E-state index is -3.40. The summed E-state index contributed by atoms with van der Waals surface area (Å²) in [6.45, 7) is 2.67. The van der Waals surface area contributed by atoms with Crippen molar-refractivity contribution < 1.29 is 27.5 Å². The van der Waals surface area contributed by atoms with Crippen LogP contribution in [0.1, 0.15) is 27.6 Å². The number of aromatic nitrogens is 1. The van der Waals surface area contributed by atoms with Gasteiger partial charge in [-0.1, -0.05) is 23.5 Å². The number of carbonyl (C=O) groups excluding carboxylic acids is 3. The Morgan fingerprint density at radius 2 is 1.76 bits per heavy atom. The van der Waals surface area contributed by atoms with E-state index in [2.05, 4.69) is 4.99 Å². The highest BCUT2D eigenvalue weighted by atomic mass is 32.2. The van der Waals surface area contributed by atoms with E-state index in [-0.39, 0.29) is 16.0 Å². The third-order valence-electron chi connectivity index (χ3n) is 5.14. The van der Waals surface area contributed by atoms with Gasteiger partial charge in [0.1, 0.15) is 6.54 Å². The van der Waals surface area contributed by atoms with Crippen LogP contribution in [0.25, 0.3) is 10.2 Å². The lowest BCUT2D eigenvalue weighted by Gasteiger charge is -2.10. The summed E-state index contributed by atoms with van der Waals surface area (Å²) in [6, 6.07) is 11.1. The molecule has 0 radical (unpaired) electrons. The number of ether oxygens (including phenoxy) is 1. The van der Waals surface area contributed by atoms with E-state index in [9.17, 15) is 22.8 Å². The van der Waals surface area contributed by atoms with Gasteiger partial charge in [-0.05, 0) is 37.3 Å². The van der Waals surface area contributed by atoms with Crippen LogP contribution in [-0.2, 0) is 25.9 Å². The summed E-state index contributed by atoms with van der Waals surface area (Å²) in [5.74, 6) is -1.72. The van der Waals surface area contributed by atoms with Crippen LogP contribution in [0.3, 0.4) is 0 Å². The van der Waals surface area contributed by atoms with Crippen molar-refractivity contribution in [3.8, 4) is 0 Å². The zero-order chi connectivity index (χ0) is 23.8. The van der Waals surface area contributed by atoms with Gasteiger partial charge >= 0.3 is 0 Å². The van der Waals surface area contributed by atoms with Crippen LogP contribution in [0.4, 0.5) is 0 Å². The standard InChI is InChI=1S/C22H21N3O6S2/c1-3-31-11-10-24-17-9-8-14(33(2,29)30)12-18(17)32-22(24)23-19(26)13-25-20(27)15-6-4-5-7-16(15)21(25)28/h4-9,12H,3,10-11,13H2,1-2H3. The highest BCUT2D eigenvalue weighted by Gasteiger charge is 2.36. The molecule has 1 aliphatic heterocycles. The van der Waals surface area contributed by atoms with Gasteiger partial charge < -0.3 is 9.30 Å². The Bertz CT molecular complexity index is 1420. The fraction of sp³-hybridized carbons (Fsp3) is 0.273. The smallest absolute Gasteiger partial charge is 0.268 e. The second-order valence-corrected chi connectivity index (χ2v) is 10.4. The van der Waals surface area contributed by atoms with Crippen molar-refractivity contribution in [3.05, 3.63) is 58.4 Å². The molecule has 0 fully saturated rings. The largest absolute Gasteiger partial charge is 0.380 e. The van der Waals surface area contributed by atoms with Crippen LogP contribution < -0.4 is 4.80 Å². The maximum absolute atomic E-state index is 12.7. The van der Waals surface area contributed by atoms with Crippen molar-refractivity contribution in [3.63, 3.8) is 0 Å². The molecule has 0 N–H and O–H groups in total. The quantitative estimate of drug-likeness (QED) is 0.371. The Hall–Kier alpha value is -3.15. The topological polar surface area (TPSA) is 115 Å². The summed E-state index contributed by atoms with van der Waals surface area (Å²) in [6.07, 6.45) is 1.13. The number of imide groups is 1. The molecule has 0 aliphatic carbocycles. The first-order valence-corrected chi connectivity index (χ1v) is 12.9. The van der Waals surface area contributed by atoms with Crippen LogP contribution in [0.5, 0.6) is 0 Å². The first-order chi connectivity index (χ1) is 15.7. The van der Waals surface area contributed by atoms with Gasteiger partial charge in [-0.25, -0.2) is 8.42 Å². The average molecular weight is 488 g/mol. The lowest BCUT2D eigenvalue weighted by molar-refractivity contribution is -0.118. The van der Waals surface area contributed by atoms with E-state index in [1.807, 2.05) is 6.92 Å². The van der Waals surface area contributed by atoms with Crippen molar-refractivity contribution >= 4 is 49.1 Å². The molecule has 1 aromatic heterocycles. The zero-order valence-corrected chi connectivity index (χ0v) is 19.6. The van der Waals surface area contributed by atoms with Crippen molar-refractivity contribution in [2.45, 2.75) is 18.4 Å². The molecule has 1 aliphatic rings. The summed E-state index contributed by atoms with van der Waals surface area (Å²) >= 11 is 1.15. The average Bonchev–Trinajstić information content (AvgIpc) is 3.23. The Kier molecular flexibility index (Phi) is 6.28. The molecule has 33 heavy (non-hydrogen) atoms. The van der Waals surface area contributed by atoms with Gasteiger partial charge in [0.05, 0.1) is 32.8 Å². The van der Waals surface area contributed by atoms with Gasteiger partial charge in [-0.2, -0.15) is 4.99 Å². The lowest BCUT2D eigenvalue weighted by Crippen LogP contribution is -2.35. The Morgan fingerprint density at radius 3 is 2.36 bits per heavy atom. The molecule has 0 saturated heterocycles. The minimum absolute atomic E-state index is 0.164. The predicted octanol–water partition coefficient (Wildman–Crippen LogP) is 1.87. The number of fused-ring (bicyclic) bond motifs is 2. The molecule has 3 amide bonds. The first-order valence-electron chi connectivity index (χ1n) is 10.1. The van der Waals surface area contributed by atoms with Crippen molar-refractivity contribution in [2.75, 3.05) is 26.0 Å². The maximum atomic E-state index is 12.7. The third-order valence-corrected chi connectivity index (χ3v) is 7.29. The number of benzene rings is 2. The number of hydrogen-bond acceptors (Lipinski definition) is 7. The molecule has 2 heterocycles. The van der Waals surface area contributed by atoms with E-state index in [0.29, 0.717) is 34.8 Å². The van der Waals surface area contributed by atoms with Crippen molar-refractivity contribution in [1.82, 2.24) is 9.47 Å². The number of thiazole rings is 1. The first kappa shape index (κ1) is 23.0. The monoisotopic (exact) mass is 487 g/mol. The Morgan fingerprint density at radius 1 is 1.09 bits per heavy atom. The van der Waals surface area contributed by atoms with E-state index < -0.39 is 34.1 Å². The molecular weight excluding hydrogens is 466 g/mol. The van der Waals surface area contributed by atoms with E-state index in [1.54, 1.807) is 41.0 Å². The second kappa shape index (κ2) is 9.00. The molecule has 2 aromatic carbocycles. The molecular formula is C22H21N3O6S2. The molecule has 3 aromatic rings. The number of amides is 3. The van der Waals surface area contributed by atoms with E-state index >= 15 is 0 Å². The van der Waals surface area contributed by atoms with Crippen LogP contribution in [0.15, 0.2) is 52.4 Å². The van der Waals surface area contributed by atoms with E-state index in [1.165, 1.54) is 6.07 Å². The minimum Gasteiger partial charge on any atom is -0.380 e. The molecule has 0 saturated carbocycles. The molecule has 0 atom stereocenters. The number of rotatable bonds is 7. The van der Waals surface area contributed by atoms with Gasteiger partial charge in [0.15, 0.2) is 14.6 Å². The molecule has 4 rings (SSSR count). The van der Waals surface area contributed by atoms with Gasteiger partial charge in [-0.15, -0.1) is 0 Å². The Balaban J connectivity index is 1.69.